The van der Waals surface area contributed by atoms with Gasteiger partial charge in [0.1, 0.15) is 0 Å². The normalized spacial score (nSPS) is 39.8. The molecule has 2 heterocycles. The summed E-state index contributed by atoms with van der Waals surface area (Å²) in [6.45, 7) is 3.80. The van der Waals surface area contributed by atoms with E-state index in [0.29, 0.717) is 6.42 Å². The molecule has 108 valence electrons. The maximum atomic E-state index is 11.8. The van der Waals surface area contributed by atoms with Gasteiger partial charge in [-0.05, 0) is 12.0 Å². The maximum Gasteiger partial charge on any atom is 0.255 e. The van der Waals surface area contributed by atoms with Gasteiger partial charge in [-0.15, -0.1) is 0 Å². The maximum absolute atomic E-state index is 11.8. The van der Waals surface area contributed by atoms with Crippen molar-refractivity contribution in [2.75, 3.05) is 6.61 Å². The van der Waals surface area contributed by atoms with Gasteiger partial charge in [0.25, 0.3) is 5.91 Å². The molecule has 5 atom stereocenters. The number of fused-ring (bicyclic) bond motifs is 1. The van der Waals surface area contributed by atoms with Crippen LogP contribution in [0.4, 0.5) is 0 Å². The van der Waals surface area contributed by atoms with Gasteiger partial charge in [-0.1, -0.05) is 6.58 Å². The Bertz CT molecular complexity index is 517. The molecule has 8 heteroatoms. The van der Waals surface area contributed by atoms with Crippen LogP contribution in [0.3, 0.4) is 0 Å². The lowest BCUT2D eigenvalue weighted by molar-refractivity contribution is -0.122. The third-order valence-corrected chi connectivity index (χ3v) is 4.13. The van der Waals surface area contributed by atoms with Crippen molar-refractivity contribution in [1.82, 2.24) is 10.2 Å². The molecule has 8 nitrogen and oxygen atoms in total. The van der Waals surface area contributed by atoms with Crippen LogP contribution in [0.15, 0.2) is 22.1 Å². The predicted molar refractivity (Wildman–Crippen MR) is 71.8 cm³/mol. The summed E-state index contributed by atoms with van der Waals surface area (Å²) in [7, 11) is 0. The standard InChI is InChI=1S/C12H17N5O3/c1-5-6(3-18)8(19)2-7(5)17-4-14-9-10(17)15-12(13)16-11(9)20/h4,6-10,18-19H,1-3H2,(H3,13,15,16,20)/t6-,7-,8-,9?,10?/m0/s1. The Balaban J connectivity index is 1.86. The second kappa shape index (κ2) is 4.57. The first kappa shape index (κ1) is 13.1. The van der Waals surface area contributed by atoms with Gasteiger partial charge in [0.05, 0.1) is 25.1 Å². The molecular formula is C12H17N5O3. The summed E-state index contributed by atoms with van der Waals surface area (Å²) in [6, 6.07) is -0.830. The Morgan fingerprint density at radius 1 is 1.60 bits per heavy atom. The van der Waals surface area contributed by atoms with E-state index in [1.165, 1.54) is 0 Å². The molecule has 5 N–H and O–H groups in total. The van der Waals surface area contributed by atoms with Crippen LogP contribution in [-0.2, 0) is 4.79 Å². The van der Waals surface area contributed by atoms with E-state index < -0.39 is 18.3 Å². The van der Waals surface area contributed by atoms with Crippen LogP contribution < -0.4 is 11.1 Å². The van der Waals surface area contributed by atoms with Crippen molar-refractivity contribution in [1.29, 1.82) is 0 Å². The smallest absolute Gasteiger partial charge is 0.255 e. The van der Waals surface area contributed by atoms with E-state index in [2.05, 4.69) is 21.9 Å². The van der Waals surface area contributed by atoms with Crippen molar-refractivity contribution in [3.8, 4) is 0 Å². The van der Waals surface area contributed by atoms with E-state index in [0.717, 1.165) is 5.57 Å². The Morgan fingerprint density at radius 2 is 2.35 bits per heavy atom. The molecule has 0 radical (unpaired) electrons. The highest BCUT2D eigenvalue weighted by molar-refractivity contribution is 6.02. The molecular weight excluding hydrogens is 262 g/mol. The van der Waals surface area contributed by atoms with Crippen LogP contribution >= 0.6 is 0 Å². The SMILES string of the molecule is C=C1[C@H](CO)[C@@H](O)C[C@@H]1N1C=NC2C(=O)NC(N)=NC21. The lowest BCUT2D eigenvalue weighted by Gasteiger charge is -2.32. The number of nitrogens with two attached hydrogens (primary N) is 1. The van der Waals surface area contributed by atoms with Crippen molar-refractivity contribution in [2.45, 2.75) is 30.8 Å². The largest absolute Gasteiger partial charge is 0.396 e. The highest BCUT2D eigenvalue weighted by atomic mass is 16.3. The summed E-state index contributed by atoms with van der Waals surface area (Å²) < 4.78 is 0. The lowest BCUT2D eigenvalue weighted by Crippen LogP contribution is -2.55. The molecule has 0 spiro atoms. The summed E-state index contributed by atoms with van der Waals surface area (Å²) in [5.41, 5.74) is 6.31. The second-order valence-corrected chi connectivity index (χ2v) is 5.26. The molecule has 1 amide bonds. The third kappa shape index (κ3) is 1.80. The van der Waals surface area contributed by atoms with E-state index in [-0.39, 0.29) is 30.4 Å². The fraction of sp³-hybridized carbons (Fsp3) is 0.583. The quantitative estimate of drug-likeness (QED) is 0.426. The monoisotopic (exact) mass is 279 g/mol. The first-order valence-corrected chi connectivity index (χ1v) is 6.45. The summed E-state index contributed by atoms with van der Waals surface area (Å²) in [5, 5.41) is 21.7. The number of nitrogens with zero attached hydrogens (tertiary/aromatic N) is 3. The van der Waals surface area contributed by atoms with Crippen LogP contribution in [0.5, 0.6) is 0 Å². The average Bonchev–Trinajstić information content (AvgIpc) is 2.91. The molecule has 20 heavy (non-hydrogen) atoms. The molecule has 3 rings (SSSR count). The Kier molecular flexibility index (Phi) is 2.98. The minimum Gasteiger partial charge on any atom is -0.396 e. The number of rotatable bonds is 2. The molecule has 1 fully saturated rings. The van der Waals surface area contributed by atoms with Gasteiger partial charge in [-0.2, -0.15) is 0 Å². The summed E-state index contributed by atoms with van der Waals surface area (Å²) in [5.74, 6) is -0.579. The number of aliphatic hydroxyl groups is 2. The third-order valence-electron chi connectivity index (χ3n) is 4.13. The summed E-state index contributed by atoms with van der Waals surface area (Å²) in [4.78, 5) is 21.9. The number of amides is 1. The number of aliphatic imine (C=N–C) groups is 2. The number of nitrogens with one attached hydrogen (secondary N) is 1. The molecule has 1 aliphatic carbocycles. The van der Waals surface area contributed by atoms with E-state index in [4.69, 9.17) is 5.73 Å². The Labute approximate surface area is 115 Å². The van der Waals surface area contributed by atoms with E-state index in [1.54, 1.807) is 11.2 Å². The molecule has 0 saturated heterocycles. The van der Waals surface area contributed by atoms with E-state index in [1.807, 2.05) is 0 Å². The molecule has 1 saturated carbocycles. The first-order chi connectivity index (χ1) is 9.52. The number of guanidine groups is 1. The zero-order valence-corrected chi connectivity index (χ0v) is 10.8. The topological polar surface area (TPSA) is 124 Å². The molecule has 2 unspecified atom stereocenters. The lowest BCUT2D eigenvalue weighted by atomic mass is 10.0. The van der Waals surface area contributed by atoms with Gasteiger partial charge in [0, 0.05) is 5.92 Å². The highest BCUT2D eigenvalue weighted by Crippen LogP contribution is 2.36. The van der Waals surface area contributed by atoms with Gasteiger partial charge in [-0.3, -0.25) is 15.1 Å². The molecule has 0 bridgehead atoms. The van der Waals surface area contributed by atoms with Gasteiger partial charge >= 0.3 is 0 Å². The van der Waals surface area contributed by atoms with Gasteiger partial charge in [0.15, 0.2) is 18.2 Å². The number of hydrogen-bond acceptors (Lipinski definition) is 7. The molecule has 0 aromatic heterocycles. The van der Waals surface area contributed by atoms with Gasteiger partial charge in [-0.25, -0.2) is 4.99 Å². The first-order valence-electron chi connectivity index (χ1n) is 6.45. The summed E-state index contributed by atoms with van der Waals surface area (Å²) >= 11 is 0. The van der Waals surface area contributed by atoms with Crippen molar-refractivity contribution in [2.24, 2.45) is 21.6 Å². The minimum atomic E-state index is -0.649. The van der Waals surface area contributed by atoms with Crippen LogP contribution in [0.25, 0.3) is 0 Å². The minimum absolute atomic E-state index is 0.0645. The van der Waals surface area contributed by atoms with Crippen molar-refractivity contribution >= 4 is 18.2 Å². The van der Waals surface area contributed by atoms with Gasteiger partial charge < -0.3 is 20.8 Å². The zero-order chi connectivity index (χ0) is 14.4. The van der Waals surface area contributed by atoms with Crippen LogP contribution in [0.1, 0.15) is 6.42 Å². The molecule has 0 aromatic rings. The number of carbonyl (C=O) groups excluding carboxylic acids is 1. The Hall–Kier alpha value is -1.93. The predicted octanol–water partition coefficient (Wildman–Crippen LogP) is -2.23. The number of aliphatic hydroxyl groups excluding tert-OH is 2. The van der Waals surface area contributed by atoms with Crippen molar-refractivity contribution < 1.29 is 15.0 Å². The average molecular weight is 279 g/mol. The van der Waals surface area contributed by atoms with E-state index in [9.17, 15) is 15.0 Å². The Morgan fingerprint density at radius 3 is 3.00 bits per heavy atom. The highest BCUT2D eigenvalue weighted by Gasteiger charge is 2.47. The molecule has 3 aliphatic rings. The van der Waals surface area contributed by atoms with Crippen LogP contribution in [0.2, 0.25) is 0 Å². The van der Waals surface area contributed by atoms with E-state index >= 15 is 0 Å². The fourth-order valence-corrected chi connectivity index (χ4v) is 3.03. The molecule has 0 aromatic carbocycles. The van der Waals surface area contributed by atoms with Crippen LogP contribution in [0, 0.1) is 5.92 Å². The second-order valence-electron chi connectivity index (χ2n) is 5.26. The summed E-state index contributed by atoms with van der Waals surface area (Å²) in [6.07, 6.45) is 0.828. The van der Waals surface area contributed by atoms with Crippen molar-refractivity contribution in [3.05, 3.63) is 12.2 Å². The number of carbonyl (C=O) groups is 1. The fourth-order valence-electron chi connectivity index (χ4n) is 3.03. The van der Waals surface area contributed by atoms with Gasteiger partial charge in [0.2, 0.25) is 0 Å². The molecule has 2 aliphatic heterocycles. The zero-order valence-electron chi connectivity index (χ0n) is 10.8. The van der Waals surface area contributed by atoms with Crippen molar-refractivity contribution in [3.63, 3.8) is 0 Å². The van der Waals surface area contributed by atoms with Crippen LogP contribution in [-0.4, -0.2) is 64.3 Å². The number of hydrogen-bond donors (Lipinski definition) is 4.